The molecule has 0 bridgehead atoms. The van der Waals surface area contributed by atoms with Gasteiger partial charge in [-0.2, -0.15) is 0 Å². The second-order valence-corrected chi connectivity index (χ2v) is 3.62. The second kappa shape index (κ2) is 6.22. The summed E-state index contributed by atoms with van der Waals surface area (Å²) in [5.74, 6) is 0.314. The number of rotatable bonds is 5. The minimum Gasteiger partial charge on any atom is -0.383 e. The number of hydrogen-bond acceptors (Lipinski definition) is 2. The maximum absolute atomic E-state index is 11.6. The molecule has 0 saturated heterocycles. The number of carbonyl (C=O) groups excluding carboxylic acids is 1. The van der Waals surface area contributed by atoms with E-state index in [0.29, 0.717) is 12.5 Å². The monoisotopic (exact) mass is 207 g/mol. The largest absolute Gasteiger partial charge is 0.383 e. The summed E-state index contributed by atoms with van der Waals surface area (Å²) < 4.78 is 4.96. The fourth-order valence-electron chi connectivity index (χ4n) is 0.984. The van der Waals surface area contributed by atoms with Crippen LogP contribution in [0.15, 0.2) is 0 Å². The summed E-state index contributed by atoms with van der Waals surface area (Å²) in [6, 6.07) is 0.100. The Bertz CT molecular complexity index is 164. The topological polar surface area (TPSA) is 29.5 Å². The van der Waals surface area contributed by atoms with E-state index in [-0.39, 0.29) is 17.9 Å². The van der Waals surface area contributed by atoms with Crippen molar-refractivity contribution in [2.75, 3.05) is 26.6 Å². The van der Waals surface area contributed by atoms with Crippen molar-refractivity contribution in [1.29, 1.82) is 0 Å². The molecule has 2 unspecified atom stereocenters. The minimum atomic E-state index is -0.119. The van der Waals surface area contributed by atoms with Gasteiger partial charge in [-0.1, -0.05) is 6.92 Å². The van der Waals surface area contributed by atoms with E-state index in [0.717, 1.165) is 0 Å². The molecule has 0 aliphatic carbocycles. The maximum atomic E-state index is 11.6. The highest BCUT2D eigenvalue weighted by Gasteiger charge is 2.20. The van der Waals surface area contributed by atoms with E-state index in [2.05, 4.69) is 0 Å². The van der Waals surface area contributed by atoms with E-state index in [9.17, 15) is 4.79 Å². The van der Waals surface area contributed by atoms with Crippen LogP contribution in [0.25, 0.3) is 0 Å². The van der Waals surface area contributed by atoms with Crippen LogP contribution in [0.1, 0.15) is 13.8 Å². The van der Waals surface area contributed by atoms with Crippen LogP contribution in [-0.2, 0) is 9.53 Å². The number of halogens is 1. The van der Waals surface area contributed by atoms with Gasteiger partial charge < -0.3 is 9.64 Å². The zero-order chi connectivity index (χ0) is 10.4. The molecule has 3 nitrogen and oxygen atoms in total. The van der Waals surface area contributed by atoms with Crippen LogP contribution in [0.3, 0.4) is 0 Å². The van der Waals surface area contributed by atoms with Gasteiger partial charge in [0.1, 0.15) is 0 Å². The van der Waals surface area contributed by atoms with Crippen LogP contribution in [0.4, 0.5) is 0 Å². The van der Waals surface area contributed by atoms with Crippen molar-refractivity contribution in [3.8, 4) is 0 Å². The molecule has 78 valence electrons. The Balaban J connectivity index is 4.08. The van der Waals surface area contributed by atoms with Crippen molar-refractivity contribution >= 4 is 17.5 Å². The maximum Gasteiger partial charge on any atom is 0.226 e. The van der Waals surface area contributed by atoms with Crippen LogP contribution < -0.4 is 0 Å². The summed E-state index contributed by atoms with van der Waals surface area (Å²) in [5, 5.41) is 0. The summed E-state index contributed by atoms with van der Waals surface area (Å²) in [6.07, 6.45) is 0. The molecule has 0 aromatic rings. The first-order valence-electron chi connectivity index (χ1n) is 4.36. The second-order valence-electron chi connectivity index (χ2n) is 3.31. The molecule has 0 aliphatic rings. The average Bonchev–Trinajstić information content (AvgIpc) is 2.14. The molecule has 0 heterocycles. The van der Waals surface area contributed by atoms with Crippen molar-refractivity contribution in [1.82, 2.24) is 4.90 Å². The van der Waals surface area contributed by atoms with Gasteiger partial charge in [-0.25, -0.2) is 0 Å². The first-order chi connectivity index (χ1) is 6.04. The Hall–Kier alpha value is -0.280. The molecular weight excluding hydrogens is 190 g/mol. The van der Waals surface area contributed by atoms with E-state index >= 15 is 0 Å². The number of methoxy groups -OCH3 is 1. The third-order valence-electron chi connectivity index (χ3n) is 2.07. The number of hydrogen-bond donors (Lipinski definition) is 0. The molecule has 0 radical (unpaired) electrons. The Kier molecular flexibility index (Phi) is 6.08. The summed E-state index contributed by atoms with van der Waals surface area (Å²) in [6.45, 7) is 4.32. The highest BCUT2D eigenvalue weighted by Crippen LogP contribution is 2.06. The molecule has 13 heavy (non-hydrogen) atoms. The lowest BCUT2D eigenvalue weighted by Crippen LogP contribution is -2.41. The van der Waals surface area contributed by atoms with Crippen molar-refractivity contribution in [2.45, 2.75) is 19.9 Å². The first-order valence-corrected chi connectivity index (χ1v) is 4.89. The van der Waals surface area contributed by atoms with Gasteiger partial charge in [0, 0.05) is 26.0 Å². The minimum absolute atomic E-state index is 0.0690. The summed E-state index contributed by atoms with van der Waals surface area (Å²) in [5.41, 5.74) is 0. The lowest BCUT2D eigenvalue weighted by Gasteiger charge is -2.26. The smallest absolute Gasteiger partial charge is 0.226 e. The summed E-state index contributed by atoms with van der Waals surface area (Å²) in [7, 11) is 3.40. The van der Waals surface area contributed by atoms with Crippen LogP contribution in [0.5, 0.6) is 0 Å². The molecular formula is C9H18ClNO2. The molecule has 2 atom stereocenters. The Morgan fingerprint density at radius 2 is 2.08 bits per heavy atom. The summed E-state index contributed by atoms with van der Waals surface area (Å²) >= 11 is 5.59. The fraction of sp³-hybridized carbons (Fsp3) is 0.889. The van der Waals surface area contributed by atoms with Gasteiger partial charge in [0.05, 0.1) is 12.6 Å². The molecule has 0 N–H and O–H groups in total. The zero-order valence-corrected chi connectivity index (χ0v) is 9.47. The number of likely N-dealkylation sites (N-methyl/N-ethyl adjacent to an activating group) is 1. The molecule has 0 spiro atoms. The van der Waals surface area contributed by atoms with E-state index < -0.39 is 0 Å². The highest BCUT2D eigenvalue weighted by molar-refractivity contribution is 6.19. The Labute approximate surface area is 85.0 Å². The number of alkyl halides is 1. The van der Waals surface area contributed by atoms with Crippen LogP contribution >= 0.6 is 11.6 Å². The van der Waals surface area contributed by atoms with Gasteiger partial charge in [-0.15, -0.1) is 11.6 Å². The third kappa shape index (κ3) is 3.96. The van der Waals surface area contributed by atoms with Crippen LogP contribution in [-0.4, -0.2) is 43.5 Å². The van der Waals surface area contributed by atoms with Gasteiger partial charge in [0.15, 0.2) is 0 Å². The number of ether oxygens (including phenoxy) is 1. The predicted molar refractivity (Wildman–Crippen MR) is 54.0 cm³/mol. The van der Waals surface area contributed by atoms with E-state index in [1.165, 1.54) is 0 Å². The van der Waals surface area contributed by atoms with E-state index in [1.807, 2.05) is 13.8 Å². The number of nitrogens with zero attached hydrogens (tertiary/aromatic N) is 1. The van der Waals surface area contributed by atoms with E-state index in [4.69, 9.17) is 16.3 Å². The zero-order valence-electron chi connectivity index (χ0n) is 8.71. The van der Waals surface area contributed by atoms with Gasteiger partial charge in [-0.05, 0) is 6.92 Å². The Morgan fingerprint density at radius 3 is 2.46 bits per heavy atom. The predicted octanol–water partition coefficient (Wildman–Crippen LogP) is 1.35. The number of amides is 1. The van der Waals surface area contributed by atoms with Gasteiger partial charge in [-0.3, -0.25) is 4.79 Å². The lowest BCUT2D eigenvalue weighted by molar-refractivity contribution is -0.135. The van der Waals surface area contributed by atoms with E-state index in [1.54, 1.807) is 19.1 Å². The van der Waals surface area contributed by atoms with Crippen molar-refractivity contribution in [3.63, 3.8) is 0 Å². The average molecular weight is 208 g/mol. The number of carbonyl (C=O) groups is 1. The molecule has 0 aromatic carbocycles. The van der Waals surface area contributed by atoms with Crippen molar-refractivity contribution in [2.24, 2.45) is 5.92 Å². The molecule has 0 saturated carbocycles. The fourth-order valence-corrected chi connectivity index (χ4v) is 1.12. The molecule has 0 aliphatic heterocycles. The van der Waals surface area contributed by atoms with Crippen LogP contribution in [0.2, 0.25) is 0 Å². The SMILES string of the molecule is COCC(C)N(C)C(=O)C(C)CCl. The molecule has 1 amide bonds. The lowest BCUT2D eigenvalue weighted by atomic mass is 10.1. The molecule has 0 rings (SSSR count). The molecule has 4 heteroatoms. The molecule has 0 fully saturated rings. The Morgan fingerprint density at radius 1 is 1.54 bits per heavy atom. The normalized spacial score (nSPS) is 15.2. The van der Waals surface area contributed by atoms with Crippen molar-refractivity contribution < 1.29 is 9.53 Å². The standard InChI is InChI=1S/C9H18ClNO2/c1-7(5-10)9(12)11(3)8(2)6-13-4/h7-8H,5-6H2,1-4H3. The quantitative estimate of drug-likeness (QED) is 0.637. The molecule has 0 aromatic heterocycles. The summed E-state index contributed by atoms with van der Waals surface area (Å²) in [4.78, 5) is 13.3. The third-order valence-corrected chi connectivity index (χ3v) is 2.53. The van der Waals surface area contributed by atoms with Gasteiger partial charge in [0.25, 0.3) is 0 Å². The highest BCUT2D eigenvalue weighted by atomic mass is 35.5. The first kappa shape index (κ1) is 12.7. The van der Waals surface area contributed by atoms with Gasteiger partial charge in [0.2, 0.25) is 5.91 Å². The van der Waals surface area contributed by atoms with Crippen LogP contribution in [0, 0.1) is 5.92 Å². The van der Waals surface area contributed by atoms with Crippen molar-refractivity contribution in [3.05, 3.63) is 0 Å². The van der Waals surface area contributed by atoms with Gasteiger partial charge >= 0.3 is 0 Å².